The molecule has 34 heavy (non-hydrogen) atoms. The molecule has 0 aliphatic rings. The molecule has 0 heterocycles. The molecule has 2 rings (SSSR count). The summed E-state index contributed by atoms with van der Waals surface area (Å²) in [5.41, 5.74) is 0. The molecule has 12 N–H and O–H groups in total. The Labute approximate surface area is 207 Å². The molecule has 0 aliphatic heterocycles. The Balaban J connectivity index is -0.000000219. The maximum Gasteiger partial charge on any atom is 1.00 e. The van der Waals surface area contributed by atoms with Crippen molar-refractivity contribution in [2.45, 2.75) is 0 Å². The molecule has 0 spiro atoms. The van der Waals surface area contributed by atoms with Crippen molar-refractivity contribution in [2.75, 3.05) is 0 Å². The van der Waals surface area contributed by atoms with Crippen LogP contribution in [-0.4, -0.2) is 89.6 Å². The van der Waals surface area contributed by atoms with E-state index in [0.717, 1.165) is 0 Å². The molecule has 0 atom stereocenters. The van der Waals surface area contributed by atoms with E-state index in [2.05, 4.69) is 0 Å². The van der Waals surface area contributed by atoms with Crippen molar-refractivity contribution in [3.63, 3.8) is 0 Å². The van der Waals surface area contributed by atoms with Crippen LogP contribution in [0.15, 0.2) is 0 Å². The van der Waals surface area contributed by atoms with Gasteiger partial charge in [-0.3, -0.25) is 8.78 Å². The zero-order valence-corrected chi connectivity index (χ0v) is 18.3. The average Bonchev–Trinajstić information content (AvgIpc) is 2.60. The molecule has 2 aromatic carbocycles. The number of benzene rings is 2. The minimum atomic E-state index is -2.31. The van der Waals surface area contributed by atoms with E-state index in [4.69, 9.17) is 60.3 Å². The topological polar surface area (TPSA) is 243 Å². The van der Waals surface area contributed by atoms with Gasteiger partial charge in [0.15, 0.2) is 11.6 Å². The minimum Gasteiger partial charge on any atom is -0.402 e. The monoisotopic (exact) mass is 524 g/mol. The SMILES string of the molecule is Fc1[c-]c2c(F)c(F)c(F)c(F)c2c(F)c1F.OB(O)O.OB(O)O.OB(O)O.OB(O)O.[Na+]. The van der Waals surface area contributed by atoms with E-state index >= 15 is 0 Å². The Hall–Kier alpha value is -1.01. The second-order valence-electron chi connectivity index (χ2n) is 4.46. The molecule has 0 bridgehead atoms. The van der Waals surface area contributed by atoms with Gasteiger partial charge >= 0.3 is 58.8 Å². The third-order valence-electron chi connectivity index (χ3n) is 2.11. The zero-order chi connectivity index (χ0) is 27.2. The largest absolute Gasteiger partial charge is 1.00 e. The molecular weight excluding hydrogens is 511 g/mol. The van der Waals surface area contributed by atoms with Gasteiger partial charge in [-0.15, -0.1) is 0 Å². The van der Waals surface area contributed by atoms with Gasteiger partial charge in [-0.25, -0.2) is 22.0 Å². The Morgan fingerprint density at radius 1 is 0.412 bits per heavy atom. The van der Waals surface area contributed by atoms with Gasteiger partial charge in [0, 0.05) is 0 Å². The van der Waals surface area contributed by atoms with Crippen molar-refractivity contribution < 1.29 is 121 Å². The van der Waals surface area contributed by atoms with Gasteiger partial charge in [-0.2, -0.15) is 0 Å². The van der Waals surface area contributed by atoms with Crippen molar-refractivity contribution in [1.82, 2.24) is 0 Å². The summed E-state index contributed by atoms with van der Waals surface area (Å²) in [6.45, 7) is 0. The predicted octanol–water partition coefficient (Wildman–Crippen LogP) is -7.59. The van der Waals surface area contributed by atoms with Crippen LogP contribution in [0.4, 0.5) is 30.7 Å². The van der Waals surface area contributed by atoms with E-state index in [0.29, 0.717) is 0 Å². The van der Waals surface area contributed by atoms with Crippen LogP contribution in [0.5, 0.6) is 0 Å². The van der Waals surface area contributed by atoms with Crippen molar-refractivity contribution in [3.8, 4) is 0 Å². The first kappa shape index (κ1) is 40.2. The van der Waals surface area contributed by atoms with Crippen LogP contribution in [0.3, 0.4) is 0 Å². The van der Waals surface area contributed by atoms with Crippen molar-refractivity contribution >= 4 is 40.1 Å². The first-order valence-electron chi connectivity index (χ1n) is 7.17. The first-order valence-corrected chi connectivity index (χ1v) is 7.17. The maximum absolute atomic E-state index is 13.1. The third-order valence-corrected chi connectivity index (χ3v) is 2.11. The maximum atomic E-state index is 13.1. The summed E-state index contributed by atoms with van der Waals surface area (Å²) in [7, 11) is -8.67. The van der Waals surface area contributed by atoms with Gasteiger partial charge < -0.3 is 60.3 Å². The molecule has 24 heteroatoms. The number of hydrogen-bond donors (Lipinski definition) is 12. The van der Waals surface area contributed by atoms with Crippen LogP contribution in [-0.2, 0) is 0 Å². The smallest absolute Gasteiger partial charge is 0.402 e. The molecule has 0 aliphatic carbocycles. The van der Waals surface area contributed by atoms with Crippen LogP contribution < -0.4 is 29.6 Å². The second kappa shape index (κ2) is 20.2. The molecule has 0 radical (unpaired) electrons. The fourth-order valence-electron chi connectivity index (χ4n) is 1.33. The molecular formula is C10H12B4F7NaO12. The standard InChI is InChI=1S/C10F7.4BH3O3.Na/c11-3-1-2-4(7(14)6(3)13)8(15)10(17)9(16)5(2)12;4*2-1(3)4;/h;4*2-4H;/q-1;;;;;+1. The average molecular weight is 523 g/mol. The molecule has 0 unspecified atom stereocenters. The van der Waals surface area contributed by atoms with Crippen molar-refractivity contribution in [1.29, 1.82) is 0 Å². The van der Waals surface area contributed by atoms with E-state index < -0.39 is 80.8 Å². The molecule has 0 saturated carbocycles. The predicted molar refractivity (Wildman–Crippen MR) is 92.1 cm³/mol. The summed E-state index contributed by atoms with van der Waals surface area (Å²) in [5.74, 6) is -15.0. The van der Waals surface area contributed by atoms with E-state index in [1.165, 1.54) is 6.07 Å². The van der Waals surface area contributed by atoms with Crippen LogP contribution >= 0.6 is 0 Å². The third kappa shape index (κ3) is 18.3. The van der Waals surface area contributed by atoms with Gasteiger partial charge in [-0.05, 0) is 5.39 Å². The first-order chi connectivity index (χ1) is 14.8. The Morgan fingerprint density at radius 2 is 0.647 bits per heavy atom. The number of fused-ring (bicyclic) bond motifs is 1. The summed E-state index contributed by atoms with van der Waals surface area (Å²) in [6.07, 6.45) is 0. The molecule has 2 aromatic rings. The van der Waals surface area contributed by atoms with Crippen LogP contribution in [0.25, 0.3) is 10.8 Å². The molecule has 0 saturated heterocycles. The molecule has 12 nitrogen and oxygen atoms in total. The van der Waals surface area contributed by atoms with Gasteiger partial charge in [0.05, 0.1) is 17.5 Å². The summed E-state index contributed by atoms with van der Waals surface area (Å²) in [5, 5.41) is 83.1. The zero-order valence-electron chi connectivity index (χ0n) is 16.3. The molecule has 0 amide bonds. The molecule has 186 valence electrons. The van der Waals surface area contributed by atoms with E-state index in [1.54, 1.807) is 0 Å². The number of hydrogen-bond acceptors (Lipinski definition) is 12. The Morgan fingerprint density at radius 3 is 0.941 bits per heavy atom. The fourth-order valence-corrected chi connectivity index (χ4v) is 1.33. The van der Waals surface area contributed by atoms with Crippen LogP contribution in [0.2, 0.25) is 0 Å². The van der Waals surface area contributed by atoms with Crippen LogP contribution in [0, 0.1) is 46.8 Å². The van der Waals surface area contributed by atoms with Gasteiger partial charge in [-0.1, -0.05) is 11.5 Å². The Bertz CT molecular complexity index is 812. The summed E-state index contributed by atoms with van der Waals surface area (Å²) in [6, 6.07) is 1.27. The summed E-state index contributed by atoms with van der Waals surface area (Å²) in [4.78, 5) is 0. The van der Waals surface area contributed by atoms with E-state index in [1.807, 2.05) is 0 Å². The van der Waals surface area contributed by atoms with Gasteiger partial charge in [0.1, 0.15) is 11.6 Å². The summed E-state index contributed by atoms with van der Waals surface area (Å²) >= 11 is 0. The van der Waals surface area contributed by atoms with Crippen molar-refractivity contribution in [3.05, 3.63) is 46.8 Å². The normalized spacial score (nSPS) is 8.79. The molecule has 0 fully saturated rings. The summed E-state index contributed by atoms with van der Waals surface area (Å²) < 4.78 is 90.1. The van der Waals surface area contributed by atoms with E-state index in [-0.39, 0.29) is 29.6 Å². The number of halogens is 7. The number of rotatable bonds is 0. The fraction of sp³-hybridized carbons (Fsp3) is 0. The van der Waals surface area contributed by atoms with Gasteiger partial charge in [0.2, 0.25) is 0 Å². The van der Waals surface area contributed by atoms with Gasteiger partial charge in [0.25, 0.3) is 0 Å². The minimum absolute atomic E-state index is 0. The quantitative estimate of drug-likeness (QED) is 0.0507. The van der Waals surface area contributed by atoms with Crippen molar-refractivity contribution in [2.24, 2.45) is 0 Å². The second-order valence-corrected chi connectivity index (χ2v) is 4.46. The van der Waals surface area contributed by atoms with Crippen LogP contribution in [0.1, 0.15) is 0 Å². The Kier molecular flexibility index (Phi) is 23.9. The molecule has 0 aromatic heterocycles. The van der Waals surface area contributed by atoms with E-state index in [9.17, 15) is 30.7 Å².